The van der Waals surface area contributed by atoms with Crippen LogP contribution < -0.4 is 4.74 Å². The van der Waals surface area contributed by atoms with Crippen molar-refractivity contribution >= 4 is 11.8 Å². The van der Waals surface area contributed by atoms with Crippen LogP contribution in [0.1, 0.15) is 10.8 Å². The second-order valence-electron chi connectivity index (χ2n) is 4.67. The number of aromatic hydroxyl groups is 2. The summed E-state index contributed by atoms with van der Waals surface area (Å²) >= 11 is 1.28. The molecule has 108 valence electrons. The van der Waals surface area contributed by atoms with Crippen LogP contribution in [0.5, 0.6) is 17.2 Å². The van der Waals surface area contributed by atoms with E-state index in [1.165, 1.54) is 17.8 Å². The number of thioether (sulfide) groups is 1. The molecule has 2 N–H and O–H groups in total. The van der Waals surface area contributed by atoms with Gasteiger partial charge in [-0.05, 0) is 29.8 Å². The fourth-order valence-corrected chi connectivity index (χ4v) is 3.51. The Morgan fingerprint density at radius 1 is 1.14 bits per heavy atom. The van der Waals surface area contributed by atoms with E-state index in [1.54, 1.807) is 36.4 Å². The standard InChI is InChI=1S/C16H13FO3S/c1-2-12-15(9-3-5-10(18)6-4-9)21-16-13(20-12)8-7-11(19)14(16)17/h2-8,12,15,18-19H,1H2/t12-,15+/m0/s1. The molecule has 0 amide bonds. The Kier molecular flexibility index (Phi) is 3.51. The number of hydrogen-bond donors (Lipinski definition) is 2. The average molecular weight is 304 g/mol. The minimum atomic E-state index is -0.677. The molecular weight excluding hydrogens is 291 g/mol. The first-order valence-electron chi connectivity index (χ1n) is 6.36. The van der Waals surface area contributed by atoms with Gasteiger partial charge in [-0.25, -0.2) is 4.39 Å². The van der Waals surface area contributed by atoms with Gasteiger partial charge < -0.3 is 14.9 Å². The molecule has 0 spiro atoms. The van der Waals surface area contributed by atoms with Gasteiger partial charge in [0, 0.05) is 0 Å². The first-order chi connectivity index (χ1) is 10.1. The van der Waals surface area contributed by atoms with Crippen molar-refractivity contribution in [2.75, 3.05) is 0 Å². The van der Waals surface area contributed by atoms with Gasteiger partial charge in [-0.2, -0.15) is 0 Å². The third-order valence-electron chi connectivity index (χ3n) is 3.30. The van der Waals surface area contributed by atoms with Gasteiger partial charge in [0.05, 0.1) is 10.1 Å². The number of fused-ring (bicyclic) bond motifs is 1. The maximum Gasteiger partial charge on any atom is 0.182 e. The number of phenolic OH excluding ortho intramolecular Hbond substituents is 2. The van der Waals surface area contributed by atoms with Gasteiger partial charge >= 0.3 is 0 Å². The quantitative estimate of drug-likeness (QED) is 0.823. The van der Waals surface area contributed by atoms with E-state index in [1.807, 2.05) is 0 Å². The molecule has 1 aliphatic heterocycles. The first-order valence-corrected chi connectivity index (χ1v) is 7.24. The summed E-state index contributed by atoms with van der Waals surface area (Å²) in [5.74, 6) is -0.509. The Labute approximate surface area is 125 Å². The van der Waals surface area contributed by atoms with Crippen LogP contribution in [0.15, 0.2) is 53.9 Å². The van der Waals surface area contributed by atoms with E-state index < -0.39 is 11.6 Å². The van der Waals surface area contributed by atoms with Crippen LogP contribution in [0.3, 0.4) is 0 Å². The summed E-state index contributed by atoms with van der Waals surface area (Å²) < 4.78 is 19.8. The SMILES string of the molecule is C=C[C@@H]1Oc2ccc(O)c(F)c2S[C@@H]1c1ccc(O)cc1. The molecule has 1 heterocycles. The molecule has 2 aromatic carbocycles. The maximum atomic E-state index is 14.1. The predicted octanol–water partition coefficient (Wildman–Crippen LogP) is 4.02. The highest BCUT2D eigenvalue weighted by atomic mass is 32.2. The molecule has 0 bridgehead atoms. The molecule has 0 saturated heterocycles. The van der Waals surface area contributed by atoms with E-state index in [9.17, 15) is 14.6 Å². The van der Waals surface area contributed by atoms with Crippen molar-refractivity contribution in [1.82, 2.24) is 0 Å². The molecule has 2 atom stereocenters. The van der Waals surface area contributed by atoms with Crippen LogP contribution in [0.4, 0.5) is 4.39 Å². The van der Waals surface area contributed by atoms with Gasteiger partial charge in [-0.3, -0.25) is 0 Å². The fraction of sp³-hybridized carbons (Fsp3) is 0.125. The lowest BCUT2D eigenvalue weighted by Crippen LogP contribution is -2.25. The number of ether oxygens (including phenoxy) is 1. The molecule has 2 aromatic rings. The van der Waals surface area contributed by atoms with Crippen LogP contribution in [-0.4, -0.2) is 16.3 Å². The lowest BCUT2D eigenvalue weighted by atomic mass is 10.1. The van der Waals surface area contributed by atoms with Crippen LogP contribution in [0.2, 0.25) is 0 Å². The molecule has 0 aliphatic carbocycles. The van der Waals surface area contributed by atoms with Crippen LogP contribution >= 0.6 is 11.8 Å². The van der Waals surface area contributed by atoms with Crippen LogP contribution in [-0.2, 0) is 0 Å². The third-order valence-corrected chi connectivity index (χ3v) is 4.71. The van der Waals surface area contributed by atoms with Gasteiger partial charge in [0.1, 0.15) is 17.6 Å². The summed E-state index contributed by atoms with van der Waals surface area (Å²) in [6, 6.07) is 9.49. The summed E-state index contributed by atoms with van der Waals surface area (Å²) in [7, 11) is 0. The minimum absolute atomic E-state index is 0.167. The molecule has 0 saturated carbocycles. The molecule has 3 rings (SSSR count). The van der Waals surface area contributed by atoms with Gasteiger partial charge in [-0.1, -0.05) is 24.8 Å². The second-order valence-corrected chi connectivity index (χ2v) is 5.83. The van der Waals surface area contributed by atoms with E-state index in [2.05, 4.69) is 6.58 Å². The highest BCUT2D eigenvalue weighted by Crippen LogP contribution is 2.50. The number of hydrogen-bond acceptors (Lipinski definition) is 4. The van der Waals surface area contributed by atoms with E-state index >= 15 is 0 Å². The topological polar surface area (TPSA) is 49.7 Å². The van der Waals surface area contributed by atoms with Gasteiger partial charge in [0.15, 0.2) is 11.6 Å². The summed E-state index contributed by atoms with van der Waals surface area (Å²) in [5, 5.41) is 18.7. The Balaban J connectivity index is 2.03. The monoisotopic (exact) mass is 304 g/mol. The summed E-state index contributed by atoms with van der Waals surface area (Å²) in [6.07, 6.45) is 1.34. The number of halogens is 1. The number of benzene rings is 2. The van der Waals surface area contributed by atoms with E-state index in [0.29, 0.717) is 5.75 Å². The highest BCUT2D eigenvalue weighted by Gasteiger charge is 2.32. The zero-order chi connectivity index (χ0) is 15.0. The summed E-state index contributed by atoms with van der Waals surface area (Å²) in [4.78, 5) is 0.283. The van der Waals surface area contributed by atoms with Crippen molar-refractivity contribution in [3.8, 4) is 17.2 Å². The molecule has 3 nitrogen and oxygen atoms in total. The Hall–Kier alpha value is -2.14. The van der Waals surface area contributed by atoms with Crippen molar-refractivity contribution < 1.29 is 19.3 Å². The van der Waals surface area contributed by atoms with Gasteiger partial charge in [-0.15, -0.1) is 11.8 Å². The minimum Gasteiger partial charge on any atom is -0.508 e. The van der Waals surface area contributed by atoms with Gasteiger partial charge in [0.25, 0.3) is 0 Å². The second kappa shape index (κ2) is 5.33. The summed E-state index contributed by atoms with van der Waals surface area (Å²) in [6.45, 7) is 3.76. The predicted molar refractivity (Wildman–Crippen MR) is 79.4 cm³/mol. The molecular formula is C16H13FO3S. The molecule has 1 aliphatic rings. The van der Waals surface area contributed by atoms with E-state index in [4.69, 9.17) is 4.74 Å². The highest BCUT2D eigenvalue weighted by molar-refractivity contribution is 7.99. The van der Waals surface area contributed by atoms with Crippen molar-refractivity contribution in [3.05, 3.63) is 60.4 Å². The van der Waals surface area contributed by atoms with Crippen LogP contribution in [0, 0.1) is 5.82 Å². The largest absolute Gasteiger partial charge is 0.508 e. The Morgan fingerprint density at radius 2 is 1.86 bits per heavy atom. The van der Waals surface area contributed by atoms with Crippen molar-refractivity contribution in [2.45, 2.75) is 16.2 Å². The fourth-order valence-electron chi connectivity index (χ4n) is 2.23. The third kappa shape index (κ3) is 2.45. The van der Waals surface area contributed by atoms with Crippen molar-refractivity contribution in [2.24, 2.45) is 0 Å². The number of phenols is 2. The normalized spacial score (nSPS) is 20.4. The molecule has 5 heteroatoms. The van der Waals surface area contributed by atoms with Crippen LogP contribution in [0.25, 0.3) is 0 Å². The molecule has 0 unspecified atom stereocenters. The smallest absolute Gasteiger partial charge is 0.182 e. The molecule has 0 fully saturated rings. The zero-order valence-electron chi connectivity index (χ0n) is 11.0. The number of rotatable bonds is 2. The molecule has 21 heavy (non-hydrogen) atoms. The lowest BCUT2D eigenvalue weighted by Gasteiger charge is -2.31. The zero-order valence-corrected chi connectivity index (χ0v) is 11.8. The Morgan fingerprint density at radius 3 is 2.52 bits per heavy atom. The molecule has 0 aromatic heterocycles. The van der Waals surface area contributed by atoms with E-state index in [0.717, 1.165) is 5.56 Å². The molecule has 0 radical (unpaired) electrons. The van der Waals surface area contributed by atoms with Gasteiger partial charge in [0.2, 0.25) is 0 Å². The lowest BCUT2D eigenvalue weighted by molar-refractivity contribution is 0.230. The van der Waals surface area contributed by atoms with Crippen molar-refractivity contribution in [1.29, 1.82) is 0 Å². The summed E-state index contributed by atoms with van der Waals surface area (Å²) in [5.41, 5.74) is 0.885. The Bertz CT molecular complexity index is 685. The first kappa shape index (κ1) is 13.8. The van der Waals surface area contributed by atoms with Crippen molar-refractivity contribution in [3.63, 3.8) is 0 Å². The van der Waals surface area contributed by atoms with E-state index in [-0.39, 0.29) is 22.0 Å². The average Bonchev–Trinajstić information content (AvgIpc) is 2.51. The maximum absolute atomic E-state index is 14.1.